The lowest BCUT2D eigenvalue weighted by Crippen LogP contribution is -2.41. The van der Waals surface area contributed by atoms with Crippen LogP contribution in [0, 0.1) is 12.3 Å². The summed E-state index contributed by atoms with van der Waals surface area (Å²) in [6.45, 7) is 8.78. The zero-order valence-corrected chi connectivity index (χ0v) is 25.4. The number of ether oxygens (including phenoxy) is 2. The Kier molecular flexibility index (Phi) is 8.79. The summed E-state index contributed by atoms with van der Waals surface area (Å²) in [4.78, 5) is 15.9. The molecule has 1 aliphatic carbocycles. The number of halogens is 6. The third-order valence-electron chi connectivity index (χ3n) is 8.65. The Bertz CT molecular complexity index is 1400. The molecule has 1 unspecified atom stereocenters. The molecule has 1 saturated heterocycles. The van der Waals surface area contributed by atoms with E-state index in [-0.39, 0.29) is 17.5 Å². The van der Waals surface area contributed by atoms with E-state index in [1.54, 1.807) is 38.1 Å². The maximum atomic E-state index is 13.5. The van der Waals surface area contributed by atoms with Crippen molar-refractivity contribution in [1.29, 1.82) is 0 Å². The molecule has 0 radical (unpaired) electrons. The lowest BCUT2D eigenvalue weighted by molar-refractivity contribution is -0.144. The maximum Gasteiger partial charge on any atom is 0.416 e. The Balaban J connectivity index is 1.73. The minimum absolute atomic E-state index is 0.115. The number of benzene rings is 2. The molecule has 0 N–H and O–H groups in total. The first-order valence-corrected chi connectivity index (χ1v) is 14.2. The molecule has 1 amide bonds. The molecule has 0 bridgehead atoms. The number of methoxy groups -OCH3 is 1. The highest BCUT2D eigenvalue weighted by Gasteiger charge is 2.43. The van der Waals surface area contributed by atoms with Gasteiger partial charge < -0.3 is 14.4 Å². The van der Waals surface area contributed by atoms with Gasteiger partial charge in [-0.25, -0.2) is 4.79 Å². The predicted molar refractivity (Wildman–Crippen MR) is 153 cm³/mol. The van der Waals surface area contributed by atoms with Gasteiger partial charge in [-0.1, -0.05) is 25.5 Å². The molecular formula is C32H38F6N2O3. The number of nitrogens with zero attached hydrogens (tertiary/aromatic N) is 2. The summed E-state index contributed by atoms with van der Waals surface area (Å²) in [6.07, 6.45) is -8.48. The van der Waals surface area contributed by atoms with Crippen LogP contribution in [0.5, 0.6) is 5.75 Å². The van der Waals surface area contributed by atoms with E-state index in [9.17, 15) is 31.1 Å². The molecule has 2 aliphatic rings. The van der Waals surface area contributed by atoms with E-state index in [2.05, 4.69) is 13.8 Å². The quantitative estimate of drug-likeness (QED) is 0.293. The number of anilines is 1. The van der Waals surface area contributed by atoms with Crippen LogP contribution < -0.4 is 9.64 Å². The Morgan fingerprint density at radius 1 is 1.12 bits per heavy atom. The zero-order chi connectivity index (χ0) is 32.1. The molecule has 0 saturated carbocycles. The van der Waals surface area contributed by atoms with Crippen molar-refractivity contribution in [3.63, 3.8) is 0 Å². The number of cyclic esters (lactones) is 1. The maximum absolute atomic E-state index is 13.5. The van der Waals surface area contributed by atoms with Crippen LogP contribution in [0.4, 0.5) is 36.8 Å². The normalized spacial score (nSPS) is 21.6. The summed E-state index contributed by atoms with van der Waals surface area (Å²) in [5.74, 6) is 0.499. The highest BCUT2D eigenvalue weighted by molar-refractivity contribution is 5.78. The van der Waals surface area contributed by atoms with Gasteiger partial charge in [-0.15, -0.1) is 0 Å². The highest BCUT2D eigenvalue weighted by Crippen LogP contribution is 2.47. The number of rotatable bonds is 7. The average molecular weight is 613 g/mol. The molecule has 2 aromatic rings. The van der Waals surface area contributed by atoms with Crippen LogP contribution in [0.1, 0.15) is 75.3 Å². The standard InChI is InChI=1S/C32H38F6N2O3/c1-18-12-21(14-23(13-18)32(36,37)38)28-19(2)40(29(41)43-28)17-22-16-30(4,5)11-10-25(22)26-15-24(8-9-27(26)42-7)39(6)20(3)31(33,34)35/h8-9,12-15,19-20,28H,10-11,16-17H2,1-7H3/t19-,20?,28-/m0/s1. The fourth-order valence-corrected chi connectivity index (χ4v) is 5.99. The number of aryl methyl sites for hydroxylation is 1. The SMILES string of the molecule is COc1ccc(N(C)C(C)C(F)(F)F)cc1C1=C(CN2C(=O)O[C@H](c3cc(C)cc(C(F)(F)F)c3)[C@@H]2C)CC(C)(C)CC1. The molecule has 5 nitrogen and oxygen atoms in total. The Labute approximate surface area is 248 Å². The van der Waals surface area contributed by atoms with E-state index in [0.717, 1.165) is 41.5 Å². The van der Waals surface area contributed by atoms with Gasteiger partial charge >= 0.3 is 18.4 Å². The third-order valence-corrected chi connectivity index (χ3v) is 8.65. The summed E-state index contributed by atoms with van der Waals surface area (Å²) < 4.78 is 92.4. The lowest BCUT2D eigenvalue weighted by Gasteiger charge is -2.36. The molecular weight excluding hydrogens is 574 g/mol. The van der Waals surface area contributed by atoms with Gasteiger partial charge in [0.15, 0.2) is 0 Å². The van der Waals surface area contributed by atoms with Crippen molar-refractivity contribution >= 4 is 17.4 Å². The first-order chi connectivity index (χ1) is 19.8. The zero-order valence-electron chi connectivity index (χ0n) is 25.4. The monoisotopic (exact) mass is 612 g/mol. The number of allylic oxidation sites excluding steroid dienone is 1. The summed E-state index contributed by atoms with van der Waals surface area (Å²) in [5, 5.41) is 0. The van der Waals surface area contributed by atoms with Crippen molar-refractivity contribution in [3.8, 4) is 5.75 Å². The fraction of sp³-hybridized carbons (Fsp3) is 0.531. The molecule has 0 aromatic heterocycles. The van der Waals surface area contributed by atoms with Gasteiger partial charge in [-0.3, -0.25) is 4.90 Å². The Hall–Kier alpha value is -3.37. The van der Waals surface area contributed by atoms with Crippen molar-refractivity contribution in [2.75, 3.05) is 25.6 Å². The van der Waals surface area contributed by atoms with Gasteiger partial charge in [0.2, 0.25) is 0 Å². The minimum atomic E-state index is -4.54. The number of alkyl halides is 6. The van der Waals surface area contributed by atoms with Crippen LogP contribution in [0.3, 0.4) is 0 Å². The number of hydrogen-bond acceptors (Lipinski definition) is 4. The highest BCUT2D eigenvalue weighted by atomic mass is 19.4. The van der Waals surface area contributed by atoms with E-state index in [1.807, 2.05) is 0 Å². The van der Waals surface area contributed by atoms with Gasteiger partial charge in [0.25, 0.3) is 0 Å². The summed E-state index contributed by atoms with van der Waals surface area (Å²) >= 11 is 0. The van der Waals surface area contributed by atoms with Crippen molar-refractivity contribution in [2.24, 2.45) is 5.41 Å². The molecule has 4 rings (SSSR count). The summed E-state index contributed by atoms with van der Waals surface area (Å²) in [5.41, 5.74) is 2.55. The number of hydrogen-bond donors (Lipinski definition) is 0. The number of carbonyl (C=O) groups is 1. The van der Waals surface area contributed by atoms with Gasteiger partial charge in [0.1, 0.15) is 17.9 Å². The van der Waals surface area contributed by atoms with Crippen LogP contribution in [-0.4, -0.2) is 50.0 Å². The molecule has 1 aliphatic heterocycles. The van der Waals surface area contributed by atoms with Crippen LogP contribution >= 0.6 is 0 Å². The number of carbonyl (C=O) groups excluding carboxylic acids is 1. The number of amides is 1. The second-order valence-corrected chi connectivity index (χ2v) is 12.4. The molecule has 2 aromatic carbocycles. The summed E-state index contributed by atoms with van der Waals surface area (Å²) in [7, 11) is 2.88. The van der Waals surface area contributed by atoms with E-state index >= 15 is 0 Å². The van der Waals surface area contributed by atoms with Crippen molar-refractivity contribution in [1.82, 2.24) is 4.90 Å². The predicted octanol–water partition coefficient (Wildman–Crippen LogP) is 8.96. The van der Waals surface area contributed by atoms with Crippen molar-refractivity contribution < 1.29 is 40.6 Å². The van der Waals surface area contributed by atoms with E-state index < -0.39 is 42.2 Å². The van der Waals surface area contributed by atoms with Crippen LogP contribution in [0.15, 0.2) is 42.0 Å². The largest absolute Gasteiger partial charge is 0.496 e. The second-order valence-electron chi connectivity index (χ2n) is 12.4. The topological polar surface area (TPSA) is 42.0 Å². The average Bonchev–Trinajstić information content (AvgIpc) is 3.18. The van der Waals surface area contributed by atoms with Crippen LogP contribution in [-0.2, 0) is 10.9 Å². The van der Waals surface area contributed by atoms with Crippen molar-refractivity contribution in [2.45, 2.75) is 84.4 Å². The van der Waals surface area contributed by atoms with Gasteiger partial charge in [0.05, 0.1) is 18.7 Å². The van der Waals surface area contributed by atoms with Gasteiger partial charge in [0, 0.05) is 24.8 Å². The minimum Gasteiger partial charge on any atom is -0.496 e. The van der Waals surface area contributed by atoms with Gasteiger partial charge in [-0.05, 0) is 92.5 Å². The third kappa shape index (κ3) is 6.91. The summed E-state index contributed by atoms with van der Waals surface area (Å²) in [6, 6.07) is 6.30. The Morgan fingerprint density at radius 2 is 1.79 bits per heavy atom. The molecule has 1 fully saturated rings. The molecule has 11 heteroatoms. The van der Waals surface area contributed by atoms with E-state index in [0.29, 0.717) is 35.4 Å². The first kappa shape index (κ1) is 32.5. The van der Waals surface area contributed by atoms with E-state index in [4.69, 9.17) is 9.47 Å². The fourth-order valence-electron chi connectivity index (χ4n) is 5.99. The first-order valence-electron chi connectivity index (χ1n) is 14.2. The smallest absolute Gasteiger partial charge is 0.416 e. The van der Waals surface area contributed by atoms with Crippen molar-refractivity contribution in [3.05, 3.63) is 64.2 Å². The van der Waals surface area contributed by atoms with Crippen LogP contribution in [0.25, 0.3) is 5.57 Å². The van der Waals surface area contributed by atoms with E-state index in [1.165, 1.54) is 19.1 Å². The molecule has 0 spiro atoms. The Morgan fingerprint density at radius 3 is 2.40 bits per heavy atom. The molecule has 1 heterocycles. The lowest BCUT2D eigenvalue weighted by atomic mass is 9.72. The molecule has 236 valence electrons. The van der Waals surface area contributed by atoms with Gasteiger partial charge in [-0.2, -0.15) is 26.3 Å². The van der Waals surface area contributed by atoms with Crippen LogP contribution in [0.2, 0.25) is 0 Å². The molecule has 3 atom stereocenters. The molecule has 43 heavy (non-hydrogen) atoms. The second kappa shape index (κ2) is 11.6.